The van der Waals surface area contributed by atoms with Crippen LogP contribution >= 0.6 is 11.3 Å². The predicted octanol–water partition coefficient (Wildman–Crippen LogP) is 13.3. The summed E-state index contributed by atoms with van der Waals surface area (Å²) in [6.45, 7) is 0. The van der Waals surface area contributed by atoms with Crippen LogP contribution in [-0.4, -0.2) is 15.0 Å². The molecule has 2 aromatic heterocycles. The summed E-state index contributed by atoms with van der Waals surface area (Å²) in [7, 11) is 0. The van der Waals surface area contributed by atoms with Gasteiger partial charge in [0.15, 0.2) is 17.5 Å². The maximum atomic E-state index is 4.95. The first-order chi connectivity index (χ1) is 27.7. The van der Waals surface area contributed by atoms with Gasteiger partial charge in [-0.15, -0.1) is 11.3 Å². The minimum Gasteiger partial charge on any atom is -0.208 e. The van der Waals surface area contributed by atoms with Gasteiger partial charge in [-0.25, -0.2) is 15.0 Å². The fraction of sp³-hybridized carbons (Fsp3) is 0.0192. The molecule has 0 spiro atoms. The zero-order valence-corrected chi connectivity index (χ0v) is 31.1. The van der Waals surface area contributed by atoms with Gasteiger partial charge in [-0.3, -0.25) is 0 Å². The molecule has 1 aliphatic rings. The van der Waals surface area contributed by atoms with Gasteiger partial charge in [-0.1, -0.05) is 176 Å². The van der Waals surface area contributed by atoms with Crippen LogP contribution in [0.1, 0.15) is 22.3 Å². The molecule has 10 aromatic rings. The second-order valence-electron chi connectivity index (χ2n) is 14.3. The number of fused-ring (bicyclic) bond motifs is 6. The highest BCUT2D eigenvalue weighted by atomic mass is 32.1. The van der Waals surface area contributed by atoms with Gasteiger partial charge in [0.25, 0.3) is 0 Å². The zero-order valence-electron chi connectivity index (χ0n) is 30.3. The third kappa shape index (κ3) is 5.14. The number of benzene rings is 8. The van der Waals surface area contributed by atoms with Crippen molar-refractivity contribution < 1.29 is 0 Å². The SMILES string of the molecule is c1ccc(-c2nc(-c3ccccc3)nc(-c3ccc(-c4ccc5sc6ccc(C7(c8ccccc8)c8ccccc8-c8ccccc87)cc6c5c4)cc3)n2)cc1. The lowest BCUT2D eigenvalue weighted by molar-refractivity contribution is 0.770. The van der Waals surface area contributed by atoms with Crippen molar-refractivity contribution in [2.24, 2.45) is 0 Å². The number of aromatic nitrogens is 3. The highest BCUT2D eigenvalue weighted by molar-refractivity contribution is 7.25. The maximum Gasteiger partial charge on any atom is 0.164 e. The molecule has 56 heavy (non-hydrogen) atoms. The first kappa shape index (κ1) is 32.4. The molecule has 1 aliphatic carbocycles. The zero-order chi connectivity index (χ0) is 37.1. The smallest absolute Gasteiger partial charge is 0.164 e. The molecule has 0 bridgehead atoms. The average Bonchev–Trinajstić information content (AvgIpc) is 3.80. The molecule has 3 nitrogen and oxygen atoms in total. The van der Waals surface area contributed by atoms with Crippen molar-refractivity contribution in [2.75, 3.05) is 0 Å². The molecule has 2 heterocycles. The van der Waals surface area contributed by atoms with Gasteiger partial charge in [0.05, 0.1) is 5.41 Å². The normalized spacial score (nSPS) is 12.8. The van der Waals surface area contributed by atoms with E-state index in [2.05, 4.69) is 140 Å². The van der Waals surface area contributed by atoms with E-state index in [1.54, 1.807) is 0 Å². The van der Waals surface area contributed by atoms with E-state index in [1.165, 1.54) is 59.1 Å². The van der Waals surface area contributed by atoms with Crippen LogP contribution in [0.4, 0.5) is 0 Å². The largest absolute Gasteiger partial charge is 0.208 e. The molecule has 0 amide bonds. The van der Waals surface area contributed by atoms with Crippen LogP contribution in [0.2, 0.25) is 0 Å². The number of nitrogens with zero attached hydrogens (tertiary/aromatic N) is 3. The van der Waals surface area contributed by atoms with Crippen molar-refractivity contribution in [3.63, 3.8) is 0 Å². The third-order valence-electron chi connectivity index (χ3n) is 11.2. The summed E-state index contributed by atoms with van der Waals surface area (Å²) in [6.07, 6.45) is 0. The fourth-order valence-electron chi connectivity index (χ4n) is 8.65. The molecule has 0 saturated heterocycles. The van der Waals surface area contributed by atoms with Crippen LogP contribution in [0.25, 0.3) is 76.6 Å². The first-order valence-electron chi connectivity index (χ1n) is 18.9. The van der Waals surface area contributed by atoms with E-state index in [0.717, 1.165) is 22.3 Å². The van der Waals surface area contributed by atoms with Gasteiger partial charge in [-0.05, 0) is 68.8 Å². The highest BCUT2D eigenvalue weighted by Gasteiger charge is 2.45. The molecule has 0 unspecified atom stereocenters. The van der Waals surface area contributed by atoms with Crippen LogP contribution in [0, 0.1) is 0 Å². The minimum absolute atomic E-state index is 0.430. The van der Waals surface area contributed by atoms with Gasteiger partial charge in [0.2, 0.25) is 0 Å². The van der Waals surface area contributed by atoms with E-state index >= 15 is 0 Å². The van der Waals surface area contributed by atoms with E-state index in [0.29, 0.717) is 17.5 Å². The summed E-state index contributed by atoms with van der Waals surface area (Å²) < 4.78 is 2.57. The summed E-state index contributed by atoms with van der Waals surface area (Å²) in [5, 5.41) is 2.55. The second kappa shape index (κ2) is 13.1. The Balaban J connectivity index is 1.02. The number of hydrogen-bond donors (Lipinski definition) is 0. The van der Waals surface area contributed by atoms with E-state index in [4.69, 9.17) is 15.0 Å². The Labute approximate surface area is 329 Å². The van der Waals surface area contributed by atoms with Gasteiger partial charge < -0.3 is 0 Å². The van der Waals surface area contributed by atoms with Crippen LogP contribution in [0.5, 0.6) is 0 Å². The van der Waals surface area contributed by atoms with Gasteiger partial charge >= 0.3 is 0 Å². The van der Waals surface area contributed by atoms with Gasteiger partial charge in [0.1, 0.15) is 0 Å². The number of hydrogen-bond acceptors (Lipinski definition) is 4. The molecule has 262 valence electrons. The molecule has 4 heteroatoms. The van der Waals surface area contributed by atoms with Crippen molar-refractivity contribution >= 4 is 31.5 Å². The predicted molar refractivity (Wildman–Crippen MR) is 232 cm³/mol. The summed E-state index contributed by atoms with van der Waals surface area (Å²) in [6, 6.07) is 71.8. The monoisotopic (exact) mass is 731 g/mol. The standard InChI is InChI=1S/C52H33N3S/c1-4-14-35(15-5-1)49-53-50(36-16-6-2-7-17-36)55-51(54-49)37-26-24-34(25-27-37)38-28-30-47-43(32-38)44-33-40(29-31-48(44)56-47)52(39-18-8-3-9-19-39)45-22-12-10-20-41(45)42-21-11-13-23-46(42)52/h1-33H. The van der Waals surface area contributed by atoms with E-state index in [9.17, 15) is 0 Å². The molecule has 0 radical (unpaired) electrons. The Bertz CT molecular complexity index is 2960. The molecule has 8 aromatic carbocycles. The lowest BCUT2D eigenvalue weighted by Gasteiger charge is -2.34. The lowest BCUT2D eigenvalue weighted by atomic mass is 9.67. The third-order valence-corrected chi connectivity index (χ3v) is 12.4. The van der Waals surface area contributed by atoms with Gasteiger partial charge in [-0.2, -0.15) is 0 Å². The van der Waals surface area contributed by atoms with Crippen molar-refractivity contribution in [3.8, 4) is 56.4 Å². The highest BCUT2D eigenvalue weighted by Crippen LogP contribution is 2.56. The van der Waals surface area contributed by atoms with Crippen LogP contribution in [0.3, 0.4) is 0 Å². The van der Waals surface area contributed by atoms with Crippen LogP contribution in [-0.2, 0) is 5.41 Å². The Morgan fingerprint density at radius 2 is 0.750 bits per heavy atom. The Hall–Kier alpha value is -7.01. The Morgan fingerprint density at radius 1 is 0.321 bits per heavy atom. The molecule has 0 saturated carbocycles. The molecular formula is C52H33N3S. The fourth-order valence-corrected chi connectivity index (χ4v) is 9.72. The van der Waals surface area contributed by atoms with Crippen molar-refractivity contribution in [3.05, 3.63) is 222 Å². The quantitative estimate of drug-likeness (QED) is 0.171. The summed E-state index contributed by atoms with van der Waals surface area (Å²) >= 11 is 1.86. The summed E-state index contributed by atoms with van der Waals surface area (Å²) in [5.74, 6) is 1.97. The van der Waals surface area contributed by atoms with E-state index < -0.39 is 5.41 Å². The topological polar surface area (TPSA) is 38.7 Å². The van der Waals surface area contributed by atoms with Gasteiger partial charge in [0, 0.05) is 36.9 Å². The molecular weight excluding hydrogens is 699 g/mol. The van der Waals surface area contributed by atoms with E-state index in [-0.39, 0.29) is 0 Å². The van der Waals surface area contributed by atoms with Crippen molar-refractivity contribution in [1.82, 2.24) is 15.0 Å². The molecule has 0 fully saturated rings. The number of thiophene rings is 1. The first-order valence-corrected chi connectivity index (χ1v) is 19.8. The second-order valence-corrected chi connectivity index (χ2v) is 15.4. The summed E-state index contributed by atoms with van der Waals surface area (Å²) in [4.78, 5) is 14.8. The molecule has 0 atom stereocenters. The molecule has 0 aliphatic heterocycles. The van der Waals surface area contributed by atoms with E-state index in [1.807, 2.05) is 72.0 Å². The summed E-state index contributed by atoms with van der Waals surface area (Å²) in [5.41, 5.74) is 12.6. The van der Waals surface area contributed by atoms with Crippen molar-refractivity contribution in [2.45, 2.75) is 5.41 Å². The lowest BCUT2D eigenvalue weighted by Crippen LogP contribution is -2.28. The minimum atomic E-state index is -0.430. The van der Waals surface area contributed by atoms with Crippen LogP contribution in [0.15, 0.2) is 200 Å². The maximum absolute atomic E-state index is 4.95. The molecule has 0 N–H and O–H groups in total. The van der Waals surface area contributed by atoms with Crippen molar-refractivity contribution in [1.29, 1.82) is 0 Å². The molecule has 11 rings (SSSR count). The Morgan fingerprint density at radius 3 is 1.32 bits per heavy atom. The Kier molecular flexibility index (Phi) is 7.58. The van der Waals surface area contributed by atoms with Crippen LogP contribution < -0.4 is 0 Å². The number of rotatable bonds is 6. The average molecular weight is 732 g/mol.